The summed E-state index contributed by atoms with van der Waals surface area (Å²) in [5, 5.41) is 0. The molecule has 23 heavy (non-hydrogen) atoms. The van der Waals surface area contributed by atoms with E-state index in [0.29, 0.717) is 19.3 Å². The van der Waals surface area contributed by atoms with Gasteiger partial charge in [0.15, 0.2) is 0 Å². The van der Waals surface area contributed by atoms with E-state index < -0.39 is 26.6 Å². The van der Waals surface area contributed by atoms with Crippen molar-refractivity contribution < 1.29 is 35.3 Å². The van der Waals surface area contributed by atoms with Gasteiger partial charge >= 0.3 is 21.6 Å². The third-order valence-electron chi connectivity index (χ3n) is 4.79. The van der Waals surface area contributed by atoms with Crippen molar-refractivity contribution >= 4 is 16.1 Å². The Kier molecular flexibility index (Phi) is 4.47. The second kappa shape index (κ2) is 5.68. The highest BCUT2D eigenvalue weighted by Crippen LogP contribution is 2.51. The number of hydrogen-bond acceptors (Lipinski definition) is 5. The Hall–Kier alpha value is -1.25. The van der Waals surface area contributed by atoms with Crippen LogP contribution in [0.2, 0.25) is 0 Å². The zero-order valence-electron chi connectivity index (χ0n) is 12.9. The fourth-order valence-electron chi connectivity index (χ4n) is 3.19. The molecule has 132 valence electrons. The molecule has 9 heteroatoms. The molecule has 0 bridgehead atoms. The molecule has 0 saturated carbocycles. The Balaban J connectivity index is 2.12. The van der Waals surface area contributed by atoms with E-state index in [1.165, 1.54) is 6.08 Å². The van der Waals surface area contributed by atoms with Gasteiger partial charge in [0.2, 0.25) is 0 Å². The van der Waals surface area contributed by atoms with Crippen LogP contribution < -0.4 is 0 Å². The average molecular weight is 356 g/mol. The number of allylic oxidation sites excluding steroid dienone is 1. The van der Waals surface area contributed by atoms with E-state index in [2.05, 4.69) is 4.18 Å². The molecule has 0 aromatic rings. The van der Waals surface area contributed by atoms with E-state index in [9.17, 15) is 26.4 Å². The summed E-state index contributed by atoms with van der Waals surface area (Å²) in [6.45, 7) is 3.79. The molecule has 1 aliphatic heterocycles. The Morgan fingerprint density at radius 2 is 1.91 bits per heavy atom. The summed E-state index contributed by atoms with van der Waals surface area (Å²) in [7, 11) is -5.65. The van der Waals surface area contributed by atoms with Crippen molar-refractivity contribution in [1.82, 2.24) is 0 Å². The molecule has 0 aromatic heterocycles. The van der Waals surface area contributed by atoms with E-state index >= 15 is 0 Å². The van der Waals surface area contributed by atoms with Gasteiger partial charge in [-0.3, -0.25) is 4.79 Å². The van der Waals surface area contributed by atoms with Gasteiger partial charge in [0.1, 0.15) is 11.4 Å². The second-order valence-corrected chi connectivity index (χ2v) is 7.63. The number of esters is 1. The first kappa shape index (κ1) is 18.1. The summed E-state index contributed by atoms with van der Waals surface area (Å²) < 4.78 is 68.6. The molecule has 5 nitrogen and oxygen atoms in total. The molecule has 1 saturated heterocycles. The first-order valence-electron chi connectivity index (χ1n) is 7.42. The molecular weight excluding hydrogens is 337 g/mol. The number of carbonyl (C=O) groups excluding carboxylic acids is 1. The van der Waals surface area contributed by atoms with Crippen LogP contribution in [-0.2, 0) is 23.8 Å². The second-order valence-electron chi connectivity index (χ2n) is 6.09. The van der Waals surface area contributed by atoms with Gasteiger partial charge in [-0.25, -0.2) is 0 Å². The molecule has 1 heterocycles. The third-order valence-corrected chi connectivity index (χ3v) is 5.79. The average Bonchev–Trinajstić information content (AvgIpc) is 2.73. The molecule has 1 aliphatic carbocycles. The zero-order valence-corrected chi connectivity index (χ0v) is 13.7. The SMILES string of the molecule is CCC1(CC)CC2(CC=C(OS(=O)(=O)C(F)(F)F)CC2)OC1=O. The maximum absolute atomic E-state index is 12.3. The molecule has 2 aliphatic rings. The third kappa shape index (κ3) is 3.20. The first-order chi connectivity index (χ1) is 10.5. The van der Waals surface area contributed by atoms with Crippen LogP contribution in [-0.4, -0.2) is 25.5 Å². The first-order valence-corrected chi connectivity index (χ1v) is 8.83. The fraction of sp³-hybridized carbons (Fsp3) is 0.786. The maximum Gasteiger partial charge on any atom is 0.534 e. The molecular formula is C14H19F3O5S. The van der Waals surface area contributed by atoms with Crippen LogP contribution in [0.5, 0.6) is 0 Å². The number of hydrogen-bond donors (Lipinski definition) is 0. The molecule has 0 N–H and O–H groups in total. The van der Waals surface area contributed by atoms with Crippen molar-refractivity contribution in [1.29, 1.82) is 0 Å². The van der Waals surface area contributed by atoms with E-state index in [0.717, 1.165) is 0 Å². The van der Waals surface area contributed by atoms with Crippen LogP contribution in [0.25, 0.3) is 0 Å². The molecule has 1 spiro atoms. The van der Waals surface area contributed by atoms with Gasteiger partial charge in [0.25, 0.3) is 0 Å². The van der Waals surface area contributed by atoms with Gasteiger partial charge in [-0.05, 0) is 25.3 Å². The monoisotopic (exact) mass is 356 g/mol. The lowest BCUT2D eigenvalue weighted by atomic mass is 9.73. The van der Waals surface area contributed by atoms with Gasteiger partial charge in [-0.15, -0.1) is 0 Å². The van der Waals surface area contributed by atoms with Crippen LogP contribution in [0, 0.1) is 5.41 Å². The smallest absolute Gasteiger partial charge is 0.458 e. The van der Waals surface area contributed by atoms with Crippen LogP contribution in [0.1, 0.15) is 52.4 Å². The molecule has 0 amide bonds. The minimum absolute atomic E-state index is 0.0217. The molecule has 1 atom stereocenters. The van der Waals surface area contributed by atoms with E-state index in [1.807, 2.05) is 13.8 Å². The molecule has 0 aromatic carbocycles. The minimum atomic E-state index is -5.65. The van der Waals surface area contributed by atoms with Crippen LogP contribution >= 0.6 is 0 Å². The van der Waals surface area contributed by atoms with Crippen molar-refractivity contribution in [3.05, 3.63) is 11.8 Å². The highest BCUT2D eigenvalue weighted by atomic mass is 32.2. The maximum atomic E-state index is 12.3. The Morgan fingerprint density at radius 1 is 1.30 bits per heavy atom. The molecule has 1 fully saturated rings. The van der Waals surface area contributed by atoms with E-state index in [-0.39, 0.29) is 31.0 Å². The van der Waals surface area contributed by atoms with Gasteiger partial charge < -0.3 is 8.92 Å². The number of alkyl halides is 3. The fourth-order valence-corrected chi connectivity index (χ4v) is 3.72. The highest BCUT2D eigenvalue weighted by molar-refractivity contribution is 7.87. The summed E-state index contributed by atoms with van der Waals surface area (Å²) >= 11 is 0. The summed E-state index contributed by atoms with van der Waals surface area (Å²) in [4.78, 5) is 12.2. The molecule has 0 radical (unpaired) electrons. The lowest BCUT2D eigenvalue weighted by molar-refractivity contribution is -0.155. The summed E-state index contributed by atoms with van der Waals surface area (Å²) in [5.74, 6) is -0.544. The summed E-state index contributed by atoms with van der Waals surface area (Å²) in [6.07, 6.45) is 3.40. The lowest BCUT2D eigenvalue weighted by Gasteiger charge is -2.31. The number of ether oxygens (including phenoxy) is 1. The van der Waals surface area contributed by atoms with Gasteiger partial charge in [0, 0.05) is 19.3 Å². The standard InChI is InChI=1S/C14H19F3O5S/c1-3-12(4-2)9-13(21-11(12)18)7-5-10(6-8-13)22-23(19,20)14(15,16)17/h5H,3-4,6-9H2,1-2H3. The summed E-state index contributed by atoms with van der Waals surface area (Å²) in [6, 6.07) is 0. The van der Waals surface area contributed by atoms with Crippen LogP contribution in [0.4, 0.5) is 13.2 Å². The number of rotatable bonds is 4. The molecule has 2 rings (SSSR count). The quantitative estimate of drug-likeness (QED) is 0.439. The van der Waals surface area contributed by atoms with Crippen molar-refractivity contribution in [2.24, 2.45) is 5.41 Å². The number of halogens is 3. The summed E-state index contributed by atoms with van der Waals surface area (Å²) in [5.41, 5.74) is -6.79. The number of carbonyl (C=O) groups is 1. The van der Waals surface area contributed by atoms with E-state index in [1.54, 1.807) is 0 Å². The van der Waals surface area contributed by atoms with Gasteiger partial charge in [0.05, 0.1) is 5.41 Å². The lowest BCUT2D eigenvalue weighted by Crippen LogP contribution is -2.33. The highest BCUT2D eigenvalue weighted by Gasteiger charge is 2.55. The van der Waals surface area contributed by atoms with Gasteiger partial charge in [-0.2, -0.15) is 21.6 Å². The Labute approximate surface area is 133 Å². The van der Waals surface area contributed by atoms with Gasteiger partial charge in [-0.1, -0.05) is 13.8 Å². The molecule has 1 unspecified atom stereocenters. The minimum Gasteiger partial charge on any atom is -0.458 e. The normalized spacial score (nSPS) is 27.7. The predicted octanol–water partition coefficient (Wildman–Crippen LogP) is 3.41. The Bertz CT molecular complexity index is 619. The Morgan fingerprint density at radius 3 is 2.30 bits per heavy atom. The predicted molar refractivity (Wildman–Crippen MR) is 74.4 cm³/mol. The largest absolute Gasteiger partial charge is 0.534 e. The van der Waals surface area contributed by atoms with Crippen LogP contribution in [0.15, 0.2) is 11.8 Å². The van der Waals surface area contributed by atoms with Crippen molar-refractivity contribution in [2.75, 3.05) is 0 Å². The van der Waals surface area contributed by atoms with E-state index in [4.69, 9.17) is 4.74 Å². The topological polar surface area (TPSA) is 69.7 Å². The van der Waals surface area contributed by atoms with Crippen molar-refractivity contribution in [3.63, 3.8) is 0 Å². The zero-order chi connectivity index (χ0) is 17.5. The van der Waals surface area contributed by atoms with Crippen LogP contribution in [0.3, 0.4) is 0 Å². The van der Waals surface area contributed by atoms with Crippen molar-refractivity contribution in [3.8, 4) is 0 Å². The van der Waals surface area contributed by atoms with Crippen molar-refractivity contribution in [2.45, 2.75) is 63.5 Å².